The van der Waals surface area contributed by atoms with Crippen molar-refractivity contribution in [3.8, 4) is 11.5 Å². The molecule has 0 bridgehead atoms. The van der Waals surface area contributed by atoms with Crippen LogP contribution in [0.4, 0.5) is 0 Å². The molecule has 158 valence electrons. The molecule has 0 N–H and O–H groups in total. The first kappa shape index (κ1) is 19.4. The van der Waals surface area contributed by atoms with E-state index in [-0.39, 0.29) is 18.6 Å². The van der Waals surface area contributed by atoms with Gasteiger partial charge in [0.1, 0.15) is 0 Å². The average molecular weight is 407 g/mol. The molecule has 0 spiro atoms. The number of carbonyl (C=O) groups is 1. The minimum atomic E-state index is 0.0181. The van der Waals surface area contributed by atoms with Gasteiger partial charge in [0, 0.05) is 31.5 Å². The predicted molar refractivity (Wildman–Crippen MR) is 116 cm³/mol. The largest absolute Gasteiger partial charge is 0.454 e. The van der Waals surface area contributed by atoms with Crippen LogP contribution < -0.4 is 9.47 Å². The summed E-state index contributed by atoms with van der Waals surface area (Å²) in [5, 5.41) is 0. The molecule has 0 unspecified atom stereocenters. The summed E-state index contributed by atoms with van der Waals surface area (Å²) in [7, 11) is 0. The molecule has 2 fully saturated rings. The highest BCUT2D eigenvalue weighted by Crippen LogP contribution is 2.38. The molecule has 5 rings (SSSR count). The molecule has 3 aliphatic rings. The smallest absolute Gasteiger partial charge is 0.231 e. The molecule has 3 aliphatic heterocycles. The second-order valence-corrected chi connectivity index (χ2v) is 8.64. The van der Waals surface area contributed by atoms with Crippen LogP contribution in [0.25, 0.3) is 0 Å². The number of ether oxygens (including phenoxy) is 2. The first-order valence-corrected chi connectivity index (χ1v) is 11.2. The zero-order valence-electron chi connectivity index (χ0n) is 17.5. The van der Waals surface area contributed by atoms with Crippen LogP contribution in [0.2, 0.25) is 0 Å². The Morgan fingerprint density at radius 2 is 1.63 bits per heavy atom. The fourth-order valence-electron chi connectivity index (χ4n) is 5.13. The predicted octanol–water partition coefficient (Wildman–Crippen LogP) is 4.02. The van der Waals surface area contributed by atoms with Gasteiger partial charge in [0.05, 0.1) is 0 Å². The summed E-state index contributed by atoms with van der Waals surface area (Å²) in [6.45, 7) is 4.49. The quantitative estimate of drug-likeness (QED) is 0.752. The maximum Gasteiger partial charge on any atom is 0.231 e. The Morgan fingerprint density at radius 3 is 2.40 bits per heavy atom. The van der Waals surface area contributed by atoms with E-state index >= 15 is 0 Å². The number of hydrogen-bond donors (Lipinski definition) is 0. The molecule has 0 aromatic heterocycles. The maximum atomic E-state index is 13.3. The molecular formula is C25H30N2O3. The Morgan fingerprint density at radius 1 is 0.900 bits per heavy atom. The van der Waals surface area contributed by atoms with Crippen molar-refractivity contribution in [3.05, 3.63) is 59.7 Å². The van der Waals surface area contributed by atoms with Gasteiger partial charge in [-0.05, 0) is 62.0 Å². The number of carbonyl (C=O) groups excluding carboxylic acids is 1. The third-order valence-electron chi connectivity index (χ3n) is 6.85. The zero-order chi connectivity index (χ0) is 20.3. The van der Waals surface area contributed by atoms with E-state index in [9.17, 15) is 4.79 Å². The Kier molecular flexibility index (Phi) is 5.63. The van der Waals surface area contributed by atoms with Crippen LogP contribution in [0.3, 0.4) is 0 Å². The van der Waals surface area contributed by atoms with Crippen LogP contribution in [0.15, 0.2) is 48.5 Å². The van der Waals surface area contributed by atoms with Gasteiger partial charge in [-0.25, -0.2) is 0 Å². The van der Waals surface area contributed by atoms with Gasteiger partial charge in [0.15, 0.2) is 11.5 Å². The van der Waals surface area contributed by atoms with Gasteiger partial charge in [0.25, 0.3) is 0 Å². The highest BCUT2D eigenvalue weighted by molar-refractivity contribution is 5.78. The van der Waals surface area contributed by atoms with E-state index in [0.717, 1.165) is 48.6 Å². The number of fused-ring (bicyclic) bond motifs is 1. The molecule has 1 amide bonds. The van der Waals surface area contributed by atoms with Crippen LogP contribution in [0, 0.1) is 0 Å². The Hall–Kier alpha value is -2.53. The van der Waals surface area contributed by atoms with Gasteiger partial charge < -0.3 is 19.3 Å². The molecular weight excluding hydrogens is 376 g/mol. The highest BCUT2D eigenvalue weighted by atomic mass is 16.7. The molecule has 2 aromatic carbocycles. The summed E-state index contributed by atoms with van der Waals surface area (Å²) in [5.41, 5.74) is 2.27. The van der Waals surface area contributed by atoms with Crippen LogP contribution in [-0.2, 0) is 4.79 Å². The molecule has 30 heavy (non-hydrogen) atoms. The fraction of sp³-hybridized carbons (Fsp3) is 0.480. The van der Waals surface area contributed by atoms with Crippen molar-refractivity contribution in [2.45, 2.75) is 44.1 Å². The Balaban J connectivity index is 1.30. The van der Waals surface area contributed by atoms with Gasteiger partial charge in [-0.15, -0.1) is 0 Å². The fourth-order valence-corrected chi connectivity index (χ4v) is 5.13. The molecule has 0 aliphatic carbocycles. The average Bonchev–Trinajstić information content (AvgIpc) is 3.49. The minimum absolute atomic E-state index is 0.0181. The molecule has 5 nitrogen and oxygen atoms in total. The summed E-state index contributed by atoms with van der Waals surface area (Å²) in [4.78, 5) is 18.0. The maximum absolute atomic E-state index is 13.3. The van der Waals surface area contributed by atoms with Gasteiger partial charge in [-0.2, -0.15) is 0 Å². The van der Waals surface area contributed by atoms with E-state index in [0.29, 0.717) is 12.5 Å². The second kappa shape index (κ2) is 8.68. The van der Waals surface area contributed by atoms with E-state index in [1.165, 1.54) is 25.9 Å². The number of nitrogens with zero attached hydrogens (tertiary/aromatic N) is 2. The molecule has 1 atom stereocenters. The van der Waals surface area contributed by atoms with Crippen molar-refractivity contribution >= 4 is 5.91 Å². The van der Waals surface area contributed by atoms with Crippen LogP contribution in [0.5, 0.6) is 11.5 Å². The van der Waals surface area contributed by atoms with Gasteiger partial charge in [-0.1, -0.05) is 36.4 Å². The summed E-state index contributed by atoms with van der Waals surface area (Å²) >= 11 is 0. The molecule has 2 aromatic rings. The third-order valence-corrected chi connectivity index (χ3v) is 6.85. The first-order chi connectivity index (χ1) is 14.8. The topological polar surface area (TPSA) is 42.0 Å². The van der Waals surface area contributed by atoms with E-state index in [2.05, 4.69) is 28.0 Å². The zero-order valence-corrected chi connectivity index (χ0v) is 17.5. The number of amides is 1. The molecule has 2 saturated heterocycles. The molecule has 3 heterocycles. The molecule has 5 heteroatoms. The van der Waals surface area contributed by atoms with E-state index in [4.69, 9.17) is 9.47 Å². The SMILES string of the molecule is O=C(C[C@@H](c1ccccc1)c1ccc2c(c1)OCO2)N1CCC(N2CCCC2)CC1. The lowest BCUT2D eigenvalue weighted by atomic mass is 9.87. The van der Waals surface area contributed by atoms with Crippen molar-refractivity contribution in [2.75, 3.05) is 33.0 Å². The summed E-state index contributed by atoms with van der Waals surface area (Å²) in [6.07, 6.45) is 5.34. The number of hydrogen-bond acceptors (Lipinski definition) is 4. The number of likely N-dealkylation sites (tertiary alicyclic amines) is 2. The van der Waals surface area contributed by atoms with Crippen LogP contribution in [0.1, 0.15) is 49.1 Å². The molecule has 0 radical (unpaired) electrons. The van der Waals surface area contributed by atoms with Crippen LogP contribution in [-0.4, -0.2) is 54.7 Å². The van der Waals surface area contributed by atoms with Gasteiger partial charge in [0.2, 0.25) is 12.7 Å². The lowest BCUT2D eigenvalue weighted by molar-refractivity contribution is -0.133. The van der Waals surface area contributed by atoms with Gasteiger partial charge >= 0.3 is 0 Å². The standard InChI is InChI=1S/C25H30N2O3/c28-25(27-14-10-21(11-15-27)26-12-4-5-13-26)17-22(19-6-2-1-3-7-19)20-8-9-23-24(16-20)30-18-29-23/h1-3,6-9,16,21-22H,4-5,10-15,17-18H2/t22-/m0/s1. The van der Waals surface area contributed by atoms with Crippen molar-refractivity contribution in [2.24, 2.45) is 0 Å². The highest BCUT2D eigenvalue weighted by Gasteiger charge is 2.30. The number of piperidine rings is 1. The summed E-state index contributed by atoms with van der Waals surface area (Å²) in [5.74, 6) is 1.82. The summed E-state index contributed by atoms with van der Waals surface area (Å²) < 4.78 is 11.1. The lowest BCUT2D eigenvalue weighted by Crippen LogP contribution is -2.46. The van der Waals surface area contributed by atoms with Crippen molar-refractivity contribution in [1.29, 1.82) is 0 Å². The number of rotatable bonds is 5. The van der Waals surface area contributed by atoms with E-state index in [1.54, 1.807) is 0 Å². The van der Waals surface area contributed by atoms with Crippen molar-refractivity contribution in [3.63, 3.8) is 0 Å². The monoisotopic (exact) mass is 406 g/mol. The van der Waals surface area contributed by atoms with Gasteiger partial charge in [-0.3, -0.25) is 4.79 Å². The molecule has 0 saturated carbocycles. The van der Waals surface area contributed by atoms with E-state index in [1.807, 2.05) is 30.3 Å². The minimum Gasteiger partial charge on any atom is -0.454 e. The normalized spacial score (nSPS) is 20.5. The van der Waals surface area contributed by atoms with E-state index < -0.39 is 0 Å². The first-order valence-electron chi connectivity index (χ1n) is 11.2. The second-order valence-electron chi connectivity index (χ2n) is 8.64. The Labute approximate surface area is 178 Å². The summed E-state index contributed by atoms with van der Waals surface area (Å²) in [6, 6.07) is 17.1. The Bertz CT molecular complexity index is 871. The van der Waals surface area contributed by atoms with Crippen molar-refractivity contribution < 1.29 is 14.3 Å². The van der Waals surface area contributed by atoms with Crippen molar-refractivity contribution in [1.82, 2.24) is 9.80 Å². The number of benzene rings is 2. The van der Waals surface area contributed by atoms with Crippen LogP contribution >= 0.6 is 0 Å². The lowest BCUT2D eigenvalue weighted by Gasteiger charge is -2.37. The third kappa shape index (κ3) is 4.04.